The van der Waals surface area contributed by atoms with Gasteiger partial charge < -0.3 is 15.4 Å². The second-order valence-electron chi connectivity index (χ2n) is 5.32. The molecule has 1 aliphatic heterocycles. The number of ether oxygens (including phenoxy) is 1. The Morgan fingerprint density at radius 2 is 2.20 bits per heavy atom. The fourth-order valence-electron chi connectivity index (χ4n) is 2.49. The standard InChI is InChI=1S/C14H24N4O2/c1-3-4-9-20-14(19)17-7-5-12(6-8-17)18-11(2)13(15)10-16-18/h10,12H,3-9,15H2,1-2H3. The lowest BCUT2D eigenvalue weighted by Crippen LogP contribution is -2.39. The van der Waals surface area contributed by atoms with Crippen molar-refractivity contribution < 1.29 is 9.53 Å². The Bertz CT molecular complexity index is 450. The third-order valence-corrected chi connectivity index (χ3v) is 3.87. The van der Waals surface area contributed by atoms with Crippen LogP contribution in [0.1, 0.15) is 44.3 Å². The van der Waals surface area contributed by atoms with Crippen molar-refractivity contribution in [3.05, 3.63) is 11.9 Å². The summed E-state index contributed by atoms with van der Waals surface area (Å²) in [4.78, 5) is 13.6. The molecule has 0 radical (unpaired) electrons. The number of carbonyl (C=O) groups is 1. The lowest BCUT2D eigenvalue weighted by atomic mass is 10.1. The highest BCUT2D eigenvalue weighted by Gasteiger charge is 2.26. The molecule has 1 aliphatic rings. The number of piperidine rings is 1. The zero-order chi connectivity index (χ0) is 14.5. The van der Waals surface area contributed by atoms with Crippen LogP contribution in [0.25, 0.3) is 0 Å². The van der Waals surface area contributed by atoms with Gasteiger partial charge in [0.15, 0.2) is 0 Å². The van der Waals surface area contributed by atoms with Gasteiger partial charge in [0.1, 0.15) is 0 Å². The predicted octanol–water partition coefficient (Wildman–Crippen LogP) is 2.35. The molecule has 2 N–H and O–H groups in total. The van der Waals surface area contributed by atoms with Crippen molar-refractivity contribution in [3.63, 3.8) is 0 Å². The number of rotatable bonds is 4. The minimum Gasteiger partial charge on any atom is -0.449 e. The average molecular weight is 280 g/mol. The van der Waals surface area contributed by atoms with Crippen LogP contribution >= 0.6 is 0 Å². The number of hydrogen-bond acceptors (Lipinski definition) is 4. The Kier molecular flexibility index (Phi) is 4.87. The third-order valence-electron chi connectivity index (χ3n) is 3.87. The van der Waals surface area contributed by atoms with E-state index in [1.54, 1.807) is 11.1 Å². The smallest absolute Gasteiger partial charge is 0.409 e. The molecule has 0 atom stereocenters. The summed E-state index contributed by atoms with van der Waals surface area (Å²) in [7, 11) is 0. The fourth-order valence-corrected chi connectivity index (χ4v) is 2.49. The van der Waals surface area contributed by atoms with Crippen molar-refractivity contribution in [1.29, 1.82) is 0 Å². The van der Waals surface area contributed by atoms with E-state index in [1.807, 2.05) is 11.6 Å². The fraction of sp³-hybridized carbons (Fsp3) is 0.714. The van der Waals surface area contributed by atoms with Gasteiger partial charge in [0, 0.05) is 13.1 Å². The summed E-state index contributed by atoms with van der Waals surface area (Å²) in [6.45, 7) is 6.01. The maximum absolute atomic E-state index is 11.8. The van der Waals surface area contributed by atoms with Gasteiger partial charge in [0.2, 0.25) is 0 Å². The maximum Gasteiger partial charge on any atom is 0.409 e. The number of aromatic nitrogens is 2. The minimum atomic E-state index is -0.186. The molecule has 20 heavy (non-hydrogen) atoms. The van der Waals surface area contributed by atoms with Crippen LogP contribution in [0.15, 0.2) is 6.20 Å². The lowest BCUT2D eigenvalue weighted by molar-refractivity contribution is 0.0863. The Labute approximate surface area is 119 Å². The quantitative estimate of drug-likeness (QED) is 0.859. The molecule has 1 aromatic heterocycles. The Balaban J connectivity index is 1.83. The van der Waals surface area contributed by atoms with Gasteiger partial charge in [-0.15, -0.1) is 0 Å². The predicted molar refractivity (Wildman–Crippen MR) is 77.5 cm³/mol. The first-order valence-electron chi connectivity index (χ1n) is 7.34. The average Bonchev–Trinajstić information content (AvgIpc) is 2.79. The van der Waals surface area contributed by atoms with E-state index in [9.17, 15) is 4.79 Å². The summed E-state index contributed by atoms with van der Waals surface area (Å²) in [5, 5.41) is 4.33. The number of anilines is 1. The molecule has 1 amide bonds. The Morgan fingerprint density at radius 3 is 2.75 bits per heavy atom. The highest BCUT2D eigenvalue weighted by Crippen LogP contribution is 2.25. The van der Waals surface area contributed by atoms with E-state index in [0.29, 0.717) is 12.6 Å². The molecule has 1 saturated heterocycles. The van der Waals surface area contributed by atoms with Crippen LogP contribution in [0.3, 0.4) is 0 Å². The molecule has 1 aromatic rings. The van der Waals surface area contributed by atoms with E-state index in [0.717, 1.165) is 50.2 Å². The summed E-state index contributed by atoms with van der Waals surface area (Å²) < 4.78 is 7.22. The van der Waals surface area contributed by atoms with Gasteiger partial charge >= 0.3 is 6.09 Å². The van der Waals surface area contributed by atoms with Gasteiger partial charge in [-0.3, -0.25) is 4.68 Å². The number of carbonyl (C=O) groups excluding carboxylic acids is 1. The van der Waals surface area contributed by atoms with E-state index < -0.39 is 0 Å². The van der Waals surface area contributed by atoms with E-state index in [4.69, 9.17) is 10.5 Å². The lowest BCUT2D eigenvalue weighted by Gasteiger charge is -2.31. The first-order valence-corrected chi connectivity index (χ1v) is 7.34. The summed E-state index contributed by atoms with van der Waals surface area (Å²) in [5.74, 6) is 0. The molecular weight excluding hydrogens is 256 g/mol. The van der Waals surface area contributed by atoms with Crippen LogP contribution < -0.4 is 5.73 Å². The van der Waals surface area contributed by atoms with Crippen LogP contribution in [-0.2, 0) is 4.74 Å². The summed E-state index contributed by atoms with van der Waals surface area (Å²) in [6.07, 6.45) is 5.26. The number of likely N-dealkylation sites (tertiary alicyclic amines) is 1. The second kappa shape index (κ2) is 6.63. The molecule has 0 unspecified atom stereocenters. The molecule has 0 aliphatic carbocycles. The Morgan fingerprint density at radius 1 is 1.50 bits per heavy atom. The normalized spacial score (nSPS) is 16.4. The van der Waals surface area contributed by atoms with Crippen LogP contribution in [0, 0.1) is 6.92 Å². The number of nitrogen functional groups attached to an aromatic ring is 1. The number of unbranched alkanes of at least 4 members (excludes halogenated alkanes) is 1. The second-order valence-corrected chi connectivity index (χ2v) is 5.32. The zero-order valence-electron chi connectivity index (χ0n) is 12.3. The summed E-state index contributed by atoms with van der Waals surface area (Å²) in [6, 6.07) is 0.326. The first kappa shape index (κ1) is 14.7. The molecule has 1 fully saturated rings. The third kappa shape index (κ3) is 3.23. The van der Waals surface area contributed by atoms with Gasteiger partial charge in [-0.2, -0.15) is 5.10 Å². The Hall–Kier alpha value is -1.72. The van der Waals surface area contributed by atoms with Crippen molar-refractivity contribution in [2.45, 2.75) is 45.6 Å². The van der Waals surface area contributed by atoms with Gasteiger partial charge in [-0.05, 0) is 26.2 Å². The number of hydrogen-bond donors (Lipinski definition) is 1. The minimum absolute atomic E-state index is 0.186. The van der Waals surface area contributed by atoms with Gasteiger partial charge in [0.05, 0.1) is 30.2 Å². The summed E-state index contributed by atoms with van der Waals surface area (Å²) >= 11 is 0. The number of nitrogens with zero attached hydrogens (tertiary/aromatic N) is 3. The zero-order valence-corrected chi connectivity index (χ0v) is 12.3. The topological polar surface area (TPSA) is 73.4 Å². The molecule has 112 valence electrons. The van der Waals surface area contributed by atoms with E-state index in [-0.39, 0.29) is 6.09 Å². The van der Waals surface area contributed by atoms with Crippen molar-refractivity contribution in [2.75, 3.05) is 25.4 Å². The van der Waals surface area contributed by atoms with Gasteiger partial charge in [-0.25, -0.2) is 4.79 Å². The van der Waals surface area contributed by atoms with E-state index in [1.165, 1.54) is 0 Å². The molecule has 6 nitrogen and oxygen atoms in total. The highest BCUT2D eigenvalue weighted by atomic mass is 16.6. The maximum atomic E-state index is 11.8. The van der Waals surface area contributed by atoms with Crippen molar-refractivity contribution in [3.8, 4) is 0 Å². The van der Waals surface area contributed by atoms with Crippen molar-refractivity contribution in [1.82, 2.24) is 14.7 Å². The van der Waals surface area contributed by atoms with Crippen LogP contribution in [0.2, 0.25) is 0 Å². The largest absolute Gasteiger partial charge is 0.449 e. The van der Waals surface area contributed by atoms with Gasteiger partial charge in [0.25, 0.3) is 0 Å². The highest BCUT2D eigenvalue weighted by molar-refractivity contribution is 5.67. The molecule has 2 rings (SSSR count). The van der Waals surface area contributed by atoms with Crippen LogP contribution in [0.4, 0.5) is 10.5 Å². The molecule has 0 saturated carbocycles. The first-order chi connectivity index (χ1) is 9.63. The molecule has 0 aromatic carbocycles. The molecule has 0 bridgehead atoms. The van der Waals surface area contributed by atoms with E-state index >= 15 is 0 Å². The monoisotopic (exact) mass is 280 g/mol. The SMILES string of the molecule is CCCCOC(=O)N1CCC(n2ncc(N)c2C)CC1. The molecule has 0 spiro atoms. The van der Waals surface area contributed by atoms with Crippen LogP contribution in [0.5, 0.6) is 0 Å². The molecular formula is C14H24N4O2. The van der Waals surface area contributed by atoms with E-state index in [2.05, 4.69) is 12.0 Å². The molecule has 2 heterocycles. The van der Waals surface area contributed by atoms with Crippen molar-refractivity contribution >= 4 is 11.8 Å². The van der Waals surface area contributed by atoms with Gasteiger partial charge in [-0.1, -0.05) is 13.3 Å². The van der Waals surface area contributed by atoms with Crippen molar-refractivity contribution in [2.24, 2.45) is 0 Å². The number of amides is 1. The van der Waals surface area contributed by atoms with Crippen LogP contribution in [-0.4, -0.2) is 40.5 Å². The molecule has 6 heteroatoms. The summed E-state index contributed by atoms with van der Waals surface area (Å²) in [5.41, 5.74) is 7.56. The number of nitrogens with two attached hydrogens (primary N) is 1.